The second-order valence-corrected chi connectivity index (χ2v) is 5.06. The Hall–Kier alpha value is -3.28. The number of aromatic nitrogens is 2. The molecule has 0 N–H and O–H groups in total. The number of nitrogens with zero attached hydrogens (tertiary/aromatic N) is 3. The van der Waals surface area contributed by atoms with Gasteiger partial charge in [0.2, 0.25) is 0 Å². The molecule has 6 nitrogen and oxygen atoms in total. The lowest BCUT2D eigenvalue weighted by molar-refractivity contribution is -0.384. The molecular formula is C17H13N3O3. The molecule has 1 heterocycles. The highest BCUT2D eigenvalue weighted by atomic mass is 16.6. The number of nitro benzene ring substituents is 1. The van der Waals surface area contributed by atoms with Crippen molar-refractivity contribution in [3.8, 4) is 5.69 Å². The van der Waals surface area contributed by atoms with E-state index in [0.29, 0.717) is 11.3 Å². The number of benzene rings is 2. The Balaban J connectivity index is 2.20. The minimum absolute atomic E-state index is 0.120. The lowest BCUT2D eigenvalue weighted by Crippen LogP contribution is -2.08. The van der Waals surface area contributed by atoms with Crippen LogP contribution in [0.2, 0.25) is 0 Å². The second kappa shape index (κ2) is 5.84. The summed E-state index contributed by atoms with van der Waals surface area (Å²) in [6.45, 7) is 1.85. The minimum atomic E-state index is -0.508. The molecule has 3 aromatic rings. The molecule has 0 amide bonds. The molecule has 0 radical (unpaired) electrons. The molecule has 2 aromatic carbocycles. The number of carbonyl (C=O) groups is 1. The number of hydrogen-bond acceptors (Lipinski definition) is 4. The molecule has 0 spiro atoms. The Kier molecular flexibility index (Phi) is 3.72. The van der Waals surface area contributed by atoms with Gasteiger partial charge in [-0.1, -0.05) is 30.3 Å². The van der Waals surface area contributed by atoms with Crippen molar-refractivity contribution >= 4 is 11.5 Å². The van der Waals surface area contributed by atoms with Gasteiger partial charge >= 0.3 is 0 Å². The molecule has 1 aromatic heterocycles. The van der Waals surface area contributed by atoms with E-state index in [1.165, 1.54) is 12.1 Å². The van der Waals surface area contributed by atoms with Crippen LogP contribution in [0.3, 0.4) is 0 Å². The van der Waals surface area contributed by atoms with E-state index in [9.17, 15) is 14.9 Å². The van der Waals surface area contributed by atoms with E-state index < -0.39 is 4.92 Å². The average molecular weight is 307 g/mol. The Labute approximate surface area is 132 Å². The molecule has 0 unspecified atom stereocenters. The third-order valence-corrected chi connectivity index (χ3v) is 3.55. The van der Waals surface area contributed by atoms with Gasteiger partial charge in [-0.25, -0.2) is 4.98 Å². The maximum atomic E-state index is 12.8. The number of imidazole rings is 1. The predicted octanol–water partition coefficient (Wildman–Crippen LogP) is 3.32. The fourth-order valence-corrected chi connectivity index (χ4v) is 2.39. The van der Waals surface area contributed by atoms with Crippen molar-refractivity contribution in [2.45, 2.75) is 6.92 Å². The van der Waals surface area contributed by atoms with Gasteiger partial charge in [-0.2, -0.15) is 0 Å². The standard InChI is InChI=1S/C17H13N3O3/c1-12-10-18-11-19(12)16-8-7-14(20(22)23)9-15(16)17(21)13-5-3-2-4-6-13/h2-11H,1H3. The fourth-order valence-electron chi connectivity index (χ4n) is 2.39. The monoisotopic (exact) mass is 307 g/mol. The summed E-state index contributed by atoms with van der Waals surface area (Å²) in [6.07, 6.45) is 3.25. The van der Waals surface area contributed by atoms with Gasteiger partial charge < -0.3 is 4.57 Å². The summed E-state index contributed by atoms with van der Waals surface area (Å²) >= 11 is 0. The molecule has 0 aliphatic heterocycles. The maximum absolute atomic E-state index is 12.8. The molecule has 0 fully saturated rings. The van der Waals surface area contributed by atoms with Crippen molar-refractivity contribution in [3.05, 3.63) is 88.0 Å². The number of nitro groups is 1. The first kappa shape index (κ1) is 14.6. The van der Waals surface area contributed by atoms with Crippen LogP contribution in [0.25, 0.3) is 5.69 Å². The van der Waals surface area contributed by atoms with E-state index in [1.807, 2.05) is 13.0 Å². The summed E-state index contributed by atoms with van der Waals surface area (Å²) in [4.78, 5) is 27.4. The highest BCUT2D eigenvalue weighted by molar-refractivity contribution is 6.11. The summed E-state index contributed by atoms with van der Waals surface area (Å²) in [5.41, 5.74) is 2.03. The zero-order valence-corrected chi connectivity index (χ0v) is 12.3. The van der Waals surface area contributed by atoms with Gasteiger partial charge in [-0.15, -0.1) is 0 Å². The molecule has 0 atom stereocenters. The van der Waals surface area contributed by atoms with Gasteiger partial charge in [-0.3, -0.25) is 14.9 Å². The summed E-state index contributed by atoms with van der Waals surface area (Å²) in [5.74, 6) is -0.266. The van der Waals surface area contributed by atoms with Crippen LogP contribution in [0, 0.1) is 17.0 Å². The van der Waals surface area contributed by atoms with Crippen LogP contribution in [0.5, 0.6) is 0 Å². The molecule has 0 bridgehead atoms. The minimum Gasteiger partial charge on any atom is -0.303 e. The lowest BCUT2D eigenvalue weighted by Gasteiger charge is -2.11. The molecule has 114 valence electrons. The van der Waals surface area contributed by atoms with E-state index in [0.717, 1.165) is 5.69 Å². The average Bonchev–Trinajstić information content (AvgIpc) is 3.00. The van der Waals surface area contributed by atoms with E-state index >= 15 is 0 Å². The third-order valence-electron chi connectivity index (χ3n) is 3.55. The molecule has 3 rings (SSSR count). The third kappa shape index (κ3) is 2.74. The largest absolute Gasteiger partial charge is 0.303 e. The van der Waals surface area contributed by atoms with Crippen molar-refractivity contribution < 1.29 is 9.72 Å². The Morgan fingerprint density at radius 1 is 1.17 bits per heavy atom. The van der Waals surface area contributed by atoms with Gasteiger partial charge in [0.1, 0.15) is 0 Å². The summed E-state index contributed by atoms with van der Waals surface area (Å²) in [5, 5.41) is 11.1. The van der Waals surface area contributed by atoms with Crippen molar-refractivity contribution in [3.63, 3.8) is 0 Å². The van der Waals surface area contributed by atoms with Gasteiger partial charge in [-0.05, 0) is 13.0 Å². The van der Waals surface area contributed by atoms with Gasteiger partial charge in [0, 0.05) is 29.6 Å². The zero-order valence-electron chi connectivity index (χ0n) is 12.3. The highest BCUT2D eigenvalue weighted by Crippen LogP contribution is 2.24. The first-order chi connectivity index (χ1) is 11.1. The van der Waals surface area contributed by atoms with E-state index in [1.54, 1.807) is 47.4 Å². The van der Waals surface area contributed by atoms with Crippen LogP contribution in [0.15, 0.2) is 61.1 Å². The maximum Gasteiger partial charge on any atom is 0.270 e. The summed E-state index contributed by atoms with van der Waals surface area (Å²) in [6, 6.07) is 13.0. The number of hydrogen-bond donors (Lipinski definition) is 0. The normalized spacial score (nSPS) is 10.5. The Morgan fingerprint density at radius 2 is 1.91 bits per heavy atom. The number of carbonyl (C=O) groups excluding carboxylic acids is 1. The van der Waals surface area contributed by atoms with Gasteiger partial charge in [0.15, 0.2) is 5.78 Å². The summed E-state index contributed by atoms with van der Waals surface area (Å²) < 4.78 is 1.74. The molecule has 0 aliphatic rings. The zero-order chi connectivity index (χ0) is 16.4. The Bertz CT molecular complexity index is 885. The lowest BCUT2D eigenvalue weighted by atomic mass is 10.0. The number of rotatable bonds is 4. The second-order valence-electron chi connectivity index (χ2n) is 5.06. The molecular weight excluding hydrogens is 294 g/mol. The van der Waals surface area contributed by atoms with Crippen LogP contribution < -0.4 is 0 Å². The highest BCUT2D eigenvalue weighted by Gasteiger charge is 2.19. The van der Waals surface area contributed by atoms with Crippen LogP contribution in [0.1, 0.15) is 21.6 Å². The van der Waals surface area contributed by atoms with Gasteiger partial charge in [0.25, 0.3) is 5.69 Å². The topological polar surface area (TPSA) is 78.0 Å². The number of non-ortho nitro benzene ring substituents is 1. The fraction of sp³-hybridized carbons (Fsp3) is 0.0588. The quantitative estimate of drug-likeness (QED) is 0.421. The first-order valence-corrected chi connectivity index (χ1v) is 6.95. The number of ketones is 1. The first-order valence-electron chi connectivity index (χ1n) is 6.95. The van der Waals surface area contributed by atoms with Crippen LogP contribution in [-0.2, 0) is 0 Å². The van der Waals surface area contributed by atoms with Crippen LogP contribution >= 0.6 is 0 Å². The van der Waals surface area contributed by atoms with E-state index in [-0.39, 0.29) is 17.0 Å². The number of aryl methyl sites for hydroxylation is 1. The van der Waals surface area contributed by atoms with Crippen molar-refractivity contribution in [2.75, 3.05) is 0 Å². The smallest absolute Gasteiger partial charge is 0.270 e. The van der Waals surface area contributed by atoms with Crippen molar-refractivity contribution in [2.24, 2.45) is 0 Å². The SMILES string of the molecule is Cc1cncn1-c1ccc([N+](=O)[O-])cc1C(=O)c1ccccc1. The molecule has 0 saturated carbocycles. The van der Waals surface area contributed by atoms with E-state index in [4.69, 9.17) is 0 Å². The molecule has 23 heavy (non-hydrogen) atoms. The predicted molar refractivity (Wildman–Crippen MR) is 84.8 cm³/mol. The van der Waals surface area contributed by atoms with Crippen molar-refractivity contribution in [1.29, 1.82) is 0 Å². The molecule has 0 saturated heterocycles. The van der Waals surface area contributed by atoms with Gasteiger partial charge in [0.05, 0.1) is 22.5 Å². The van der Waals surface area contributed by atoms with Crippen LogP contribution in [0.4, 0.5) is 5.69 Å². The summed E-state index contributed by atoms with van der Waals surface area (Å²) in [7, 11) is 0. The molecule has 6 heteroatoms. The van der Waals surface area contributed by atoms with Crippen molar-refractivity contribution in [1.82, 2.24) is 9.55 Å². The molecule has 0 aliphatic carbocycles. The Morgan fingerprint density at radius 3 is 2.52 bits per heavy atom. The van der Waals surface area contributed by atoms with E-state index in [2.05, 4.69) is 4.98 Å². The van der Waals surface area contributed by atoms with Crippen LogP contribution in [-0.4, -0.2) is 20.3 Å².